The molecule has 0 heterocycles. The van der Waals surface area contributed by atoms with Gasteiger partial charge in [-0.05, 0) is 87.0 Å². The lowest BCUT2D eigenvalue weighted by atomic mass is 10.1. The number of nitrogens with one attached hydrogen (secondary N) is 1. The van der Waals surface area contributed by atoms with Gasteiger partial charge in [-0.2, -0.15) is 0 Å². The summed E-state index contributed by atoms with van der Waals surface area (Å²) in [5, 5.41) is 3.37. The van der Waals surface area contributed by atoms with E-state index in [1.165, 1.54) is 17.0 Å². The lowest BCUT2D eigenvalue weighted by molar-refractivity contribution is -0.139. The molecule has 0 aliphatic heterocycles. The van der Waals surface area contributed by atoms with Gasteiger partial charge in [0.2, 0.25) is 11.8 Å². The van der Waals surface area contributed by atoms with Gasteiger partial charge in [-0.3, -0.25) is 13.9 Å². The van der Waals surface area contributed by atoms with Crippen LogP contribution >= 0.6 is 11.6 Å². The number of halogens is 1. The third kappa shape index (κ3) is 8.37. The van der Waals surface area contributed by atoms with Gasteiger partial charge in [0.1, 0.15) is 24.1 Å². The summed E-state index contributed by atoms with van der Waals surface area (Å²) in [7, 11) is -4.17. The van der Waals surface area contributed by atoms with Crippen LogP contribution < -0.4 is 14.4 Å². The molecule has 1 N–H and O–H groups in total. The fourth-order valence-corrected chi connectivity index (χ4v) is 5.89. The molecule has 2 amide bonds. The van der Waals surface area contributed by atoms with Gasteiger partial charge in [-0.25, -0.2) is 8.42 Å². The molecule has 4 aromatic carbocycles. The van der Waals surface area contributed by atoms with Crippen LogP contribution in [0.25, 0.3) is 0 Å². The van der Waals surface area contributed by atoms with Gasteiger partial charge in [0.05, 0.1) is 10.6 Å². The van der Waals surface area contributed by atoms with Crippen LogP contribution in [0.1, 0.15) is 26.3 Å². The number of anilines is 1. The Morgan fingerprint density at radius 1 is 0.791 bits per heavy atom. The number of hydrogen-bond acceptors (Lipinski definition) is 5. The van der Waals surface area contributed by atoms with Crippen molar-refractivity contribution in [2.75, 3.05) is 10.8 Å². The van der Waals surface area contributed by atoms with Gasteiger partial charge in [-0.15, -0.1) is 0 Å². The second-order valence-corrected chi connectivity index (χ2v) is 12.5. The second kappa shape index (κ2) is 14.2. The van der Waals surface area contributed by atoms with Crippen molar-refractivity contribution >= 4 is 39.1 Å². The highest BCUT2D eigenvalue weighted by Crippen LogP contribution is 2.28. The molecule has 0 saturated heterocycles. The Hall–Kier alpha value is -4.34. The van der Waals surface area contributed by atoms with Crippen LogP contribution in [0.4, 0.5) is 5.69 Å². The van der Waals surface area contributed by atoms with Crippen LogP contribution in [0.5, 0.6) is 11.5 Å². The summed E-state index contributed by atoms with van der Waals surface area (Å²) in [4.78, 5) is 28.4. The predicted octanol–water partition coefficient (Wildman–Crippen LogP) is 6.27. The number of hydrogen-bond donors (Lipinski definition) is 1. The zero-order valence-electron chi connectivity index (χ0n) is 24.2. The van der Waals surface area contributed by atoms with Gasteiger partial charge >= 0.3 is 0 Å². The fraction of sp³-hybridized carbons (Fsp3) is 0.212. The minimum absolute atomic E-state index is 0.0299. The number of rotatable bonds is 12. The van der Waals surface area contributed by atoms with Gasteiger partial charge in [0.25, 0.3) is 10.0 Å². The third-order valence-electron chi connectivity index (χ3n) is 6.58. The highest BCUT2D eigenvalue weighted by Gasteiger charge is 2.32. The Balaban J connectivity index is 1.69. The quantitative estimate of drug-likeness (QED) is 0.202. The van der Waals surface area contributed by atoms with Crippen molar-refractivity contribution in [3.8, 4) is 11.5 Å². The van der Waals surface area contributed by atoms with Crippen molar-refractivity contribution in [1.82, 2.24) is 10.2 Å². The van der Waals surface area contributed by atoms with E-state index in [-0.39, 0.29) is 29.1 Å². The van der Waals surface area contributed by atoms with Crippen LogP contribution in [-0.4, -0.2) is 43.8 Å². The number of carbonyl (C=O) groups excluding carboxylic acids is 2. The van der Waals surface area contributed by atoms with Crippen LogP contribution in [0, 0.1) is 0 Å². The molecule has 0 spiro atoms. The van der Waals surface area contributed by atoms with Gasteiger partial charge in [0.15, 0.2) is 0 Å². The SMILES string of the molecule is CC(C)NC(=O)[C@@H](C)N(Cc1ccc(Cl)cc1)C(=O)CN(c1ccc(Oc2ccccc2)cc1)S(=O)(=O)c1ccccc1. The first kappa shape index (κ1) is 31.6. The molecule has 0 saturated carbocycles. The monoisotopic (exact) mass is 619 g/mol. The van der Waals surface area contributed by atoms with E-state index < -0.39 is 28.5 Å². The summed E-state index contributed by atoms with van der Waals surface area (Å²) in [6, 6.07) is 29.5. The molecule has 0 aliphatic rings. The van der Waals surface area contributed by atoms with E-state index in [4.69, 9.17) is 16.3 Å². The highest BCUT2D eigenvalue weighted by molar-refractivity contribution is 7.92. The average molecular weight is 620 g/mol. The first-order valence-electron chi connectivity index (χ1n) is 13.8. The molecule has 43 heavy (non-hydrogen) atoms. The van der Waals surface area contributed by atoms with Crippen LogP contribution in [0.2, 0.25) is 5.02 Å². The molecule has 4 aromatic rings. The van der Waals surface area contributed by atoms with Gasteiger partial charge in [0, 0.05) is 17.6 Å². The smallest absolute Gasteiger partial charge is 0.264 e. The summed E-state index contributed by atoms with van der Waals surface area (Å²) in [6.45, 7) is 4.82. The molecular weight excluding hydrogens is 586 g/mol. The summed E-state index contributed by atoms with van der Waals surface area (Å²) < 4.78 is 34.8. The number of nitrogens with zero attached hydrogens (tertiary/aromatic N) is 2. The normalized spacial score (nSPS) is 11.9. The number of para-hydroxylation sites is 1. The standard InChI is InChI=1S/C33H34ClN3O5S/c1-24(2)35-33(39)25(3)36(22-26-14-16-27(34)17-15-26)32(38)23-37(43(40,41)31-12-8-5-9-13-31)28-18-20-30(21-19-28)42-29-10-6-4-7-11-29/h4-21,24-25H,22-23H2,1-3H3,(H,35,39)/t25-/m1/s1. The highest BCUT2D eigenvalue weighted by atomic mass is 35.5. The Kier molecular flexibility index (Phi) is 10.4. The topological polar surface area (TPSA) is 96.0 Å². The number of benzene rings is 4. The summed E-state index contributed by atoms with van der Waals surface area (Å²) >= 11 is 6.06. The summed E-state index contributed by atoms with van der Waals surface area (Å²) in [5.41, 5.74) is 1.00. The Bertz CT molecular complexity index is 1620. The van der Waals surface area contributed by atoms with Crippen LogP contribution in [-0.2, 0) is 26.2 Å². The van der Waals surface area contributed by atoms with E-state index in [0.29, 0.717) is 16.5 Å². The molecule has 0 bridgehead atoms. The van der Waals surface area contributed by atoms with E-state index >= 15 is 0 Å². The van der Waals surface area contributed by atoms with Crippen molar-refractivity contribution in [3.05, 3.63) is 120 Å². The molecule has 224 valence electrons. The molecule has 0 unspecified atom stereocenters. The molecule has 10 heteroatoms. The van der Waals surface area contributed by atoms with Crippen LogP contribution in [0.15, 0.2) is 114 Å². The molecule has 1 atom stereocenters. The number of carbonyl (C=O) groups is 2. The number of sulfonamides is 1. The largest absolute Gasteiger partial charge is 0.457 e. The third-order valence-corrected chi connectivity index (χ3v) is 8.62. The molecule has 0 radical (unpaired) electrons. The van der Waals surface area contributed by atoms with Crippen molar-refractivity contribution in [1.29, 1.82) is 0 Å². The van der Waals surface area contributed by atoms with E-state index in [2.05, 4.69) is 5.32 Å². The maximum Gasteiger partial charge on any atom is 0.264 e. The zero-order chi connectivity index (χ0) is 31.0. The first-order chi connectivity index (χ1) is 20.5. The van der Waals surface area contributed by atoms with Crippen molar-refractivity contribution < 1.29 is 22.7 Å². The lowest BCUT2D eigenvalue weighted by Crippen LogP contribution is -2.52. The fourth-order valence-electron chi connectivity index (χ4n) is 4.33. The molecule has 0 fully saturated rings. The zero-order valence-corrected chi connectivity index (χ0v) is 25.8. The minimum atomic E-state index is -4.17. The van der Waals surface area contributed by atoms with E-state index in [9.17, 15) is 18.0 Å². The molecule has 4 rings (SSSR count). The van der Waals surface area contributed by atoms with Crippen LogP contribution in [0.3, 0.4) is 0 Å². The maximum atomic E-state index is 14.0. The molecule has 0 aromatic heterocycles. The second-order valence-electron chi connectivity index (χ2n) is 10.2. The summed E-state index contributed by atoms with van der Waals surface area (Å²) in [6.07, 6.45) is 0. The van der Waals surface area contributed by atoms with E-state index in [1.54, 1.807) is 73.7 Å². The van der Waals surface area contributed by atoms with Crippen molar-refractivity contribution in [3.63, 3.8) is 0 Å². The Morgan fingerprint density at radius 3 is 1.93 bits per heavy atom. The summed E-state index contributed by atoms with van der Waals surface area (Å²) in [5.74, 6) is 0.232. The lowest BCUT2D eigenvalue weighted by Gasteiger charge is -2.32. The predicted molar refractivity (Wildman–Crippen MR) is 169 cm³/mol. The first-order valence-corrected chi connectivity index (χ1v) is 15.6. The van der Waals surface area contributed by atoms with Gasteiger partial charge < -0.3 is 15.0 Å². The number of amides is 2. The van der Waals surface area contributed by atoms with Gasteiger partial charge in [-0.1, -0.05) is 60.1 Å². The average Bonchev–Trinajstić information content (AvgIpc) is 3.00. The van der Waals surface area contributed by atoms with E-state index in [1.807, 2.05) is 44.2 Å². The Labute approximate surface area is 257 Å². The number of ether oxygens (including phenoxy) is 1. The molecule has 8 nitrogen and oxygen atoms in total. The van der Waals surface area contributed by atoms with E-state index in [0.717, 1.165) is 9.87 Å². The Morgan fingerprint density at radius 2 is 1.35 bits per heavy atom. The van der Waals surface area contributed by atoms with Crippen molar-refractivity contribution in [2.24, 2.45) is 0 Å². The van der Waals surface area contributed by atoms with Crippen molar-refractivity contribution in [2.45, 2.75) is 44.3 Å². The molecular formula is C33H34ClN3O5S. The maximum absolute atomic E-state index is 14.0. The molecule has 0 aliphatic carbocycles. The minimum Gasteiger partial charge on any atom is -0.457 e.